The SMILES string of the molecule is O=C(CSc1nnc(-c2ccccc2)o1)Nc1cc(-c2ccccc2)nn1-c1ccccc1. The Morgan fingerprint density at radius 3 is 2.18 bits per heavy atom. The molecule has 0 fully saturated rings. The lowest BCUT2D eigenvalue weighted by atomic mass is 10.2. The monoisotopic (exact) mass is 453 g/mol. The number of thioether (sulfide) groups is 1. The average molecular weight is 454 g/mol. The van der Waals surface area contributed by atoms with Crippen LogP contribution in [0, 0.1) is 0 Å². The highest BCUT2D eigenvalue weighted by atomic mass is 32.2. The molecule has 0 aliphatic heterocycles. The van der Waals surface area contributed by atoms with Gasteiger partial charge in [0.05, 0.1) is 17.1 Å². The van der Waals surface area contributed by atoms with Crippen LogP contribution in [0.1, 0.15) is 0 Å². The molecule has 0 saturated carbocycles. The van der Waals surface area contributed by atoms with Gasteiger partial charge in [-0.05, 0) is 24.3 Å². The topological polar surface area (TPSA) is 85.8 Å². The van der Waals surface area contributed by atoms with E-state index < -0.39 is 0 Å². The molecule has 33 heavy (non-hydrogen) atoms. The van der Waals surface area contributed by atoms with E-state index in [-0.39, 0.29) is 11.7 Å². The number of hydrogen-bond donors (Lipinski definition) is 1. The predicted octanol–water partition coefficient (Wildman–Crippen LogP) is 5.32. The molecule has 0 unspecified atom stereocenters. The minimum Gasteiger partial charge on any atom is -0.411 e. The zero-order valence-electron chi connectivity index (χ0n) is 17.5. The summed E-state index contributed by atoms with van der Waals surface area (Å²) in [5, 5.41) is 16.1. The number of aromatic nitrogens is 4. The summed E-state index contributed by atoms with van der Waals surface area (Å²) in [5.74, 6) is 0.933. The molecule has 162 valence electrons. The van der Waals surface area contributed by atoms with Crippen molar-refractivity contribution in [1.29, 1.82) is 0 Å². The van der Waals surface area contributed by atoms with E-state index in [9.17, 15) is 4.79 Å². The van der Waals surface area contributed by atoms with E-state index in [4.69, 9.17) is 9.52 Å². The van der Waals surface area contributed by atoms with Crippen molar-refractivity contribution in [2.24, 2.45) is 0 Å². The van der Waals surface area contributed by atoms with Crippen LogP contribution in [0.5, 0.6) is 0 Å². The van der Waals surface area contributed by atoms with Gasteiger partial charge in [0.25, 0.3) is 5.22 Å². The van der Waals surface area contributed by atoms with E-state index in [2.05, 4.69) is 15.5 Å². The maximum Gasteiger partial charge on any atom is 0.277 e. The number of nitrogens with one attached hydrogen (secondary N) is 1. The largest absolute Gasteiger partial charge is 0.411 e. The van der Waals surface area contributed by atoms with Crippen molar-refractivity contribution in [1.82, 2.24) is 20.0 Å². The second-order valence-electron chi connectivity index (χ2n) is 7.10. The van der Waals surface area contributed by atoms with Gasteiger partial charge >= 0.3 is 0 Å². The van der Waals surface area contributed by atoms with Crippen LogP contribution in [-0.4, -0.2) is 31.6 Å². The van der Waals surface area contributed by atoms with Crippen molar-refractivity contribution >= 4 is 23.5 Å². The fourth-order valence-corrected chi connectivity index (χ4v) is 3.82. The summed E-state index contributed by atoms with van der Waals surface area (Å²) >= 11 is 1.19. The zero-order valence-corrected chi connectivity index (χ0v) is 18.3. The van der Waals surface area contributed by atoms with Crippen LogP contribution < -0.4 is 5.32 Å². The molecule has 0 aliphatic carbocycles. The lowest BCUT2D eigenvalue weighted by Gasteiger charge is -2.08. The number of amides is 1. The number of para-hydroxylation sites is 1. The minimum absolute atomic E-state index is 0.122. The highest BCUT2D eigenvalue weighted by molar-refractivity contribution is 7.99. The second kappa shape index (κ2) is 9.54. The Morgan fingerprint density at radius 2 is 1.48 bits per heavy atom. The van der Waals surface area contributed by atoms with E-state index in [1.165, 1.54) is 11.8 Å². The van der Waals surface area contributed by atoms with Crippen LogP contribution in [0.2, 0.25) is 0 Å². The van der Waals surface area contributed by atoms with Crippen LogP contribution in [-0.2, 0) is 4.79 Å². The summed E-state index contributed by atoms with van der Waals surface area (Å²) in [7, 11) is 0. The van der Waals surface area contributed by atoms with Gasteiger partial charge in [-0.1, -0.05) is 78.5 Å². The van der Waals surface area contributed by atoms with Crippen molar-refractivity contribution in [2.45, 2.75) is 5.22 Å². The first-order valence-electron chi connectivity index (χ1n) is 10.3. The normalized spacial score (nSPS) is 10.8. The first kappa shape index (κ1) is 20.7. The summed E-state index contributed by atoms with van der Waals surface area (Å²) in [6.45, 7) is 0. The Balaban J connectivity index is 1.32. The Morgan fingerprint density at radius 1 is 0.848 bits per heavy atom. The fourth-order valence-electron chi connectivity index (χ4n) is 3.26. The van der Waals surface area contributed by atoms with Gasteiger partial charge in [-0.2, -0.15) is 5.10 Å². The molecule has 7 nitrogen and oxygen atoms in total. The van der Waals surface area contributed by atoms with E-state index in [1.54, 1.807) is 4.68 Å². The number of carbonyl (C=O) groups excluding carboxylic acids is 1. The van der Waals surface area contributed by atoms with Gasteiger partial charge in [0.15, 0.2) is 0 Å². The molecule has 0 spiro atoms. The zero-order chi connectivity index (χ0) is 22.5. The summed E-state index contributed by atoms with van der Waals surface area (Å²) in [6.07, 6.45) is 0. The van der Waals surface area contributed by atoms with E-state index in [1.807, 2.05) is 97.1 Å². The Hall–Kier alpha value is -4.17. The van der Waals surface area contributed by atoms with Gasteiger partial charge in [-0.3, -0.25) is 4.79 Å². The smallest absolute Gasteiger partial charge is 0.277 e. The van der Waals surface area contributed by atoms with E-state index in [0.717, 1.165) is 22.5 Å². The van der Waals surface area contributed by atoms with Crippen molar-refractivity contribution < 1.29 is 9.21 Å². The average Bonchev–Trinajstić information content (AvgIpc) is 3.52. The number of carbonyl (C=O) groups is 1. The van der Waals surface area contributed by atoms with Gasteiger partial charge in [0, 0.05) is 17.2 Å². The third-order valence-corrected chi connectivity index (χ3v) is 5.62. The molecule has 1 amide bonds. The number of benzene rings is 3. The quantitative estimate of drug-likeness (QED) is 0.336. The van der Waals surface area contributed by atoms with Crippen LogP contribution >= 0.6 is 11.8 Å². The molecule has 5 aromatic rings. The van der Waals surface area contributed by atoms with Crippen molar-refractivity contribution in [3.05, 3.63) is 97.1 Å². The van der Waals surface area contributed by atoms with Crippen LogP contribution in [0.15, 0.2) is 107 Å². The van der Waals surface area contributed by atoms with Gasteiger partial charge in [-0.25, -0.2) is 4.68 Å². The molecule has 0 aliphatic rings. The Labute approximate surface area is 194 Å². The maximum atomic E-state index is 12.7. The molecule has 5 rings (SSSR count). The molecule has 0 saturated heterocycles. The van der Waals surface area contributed by atoms with Gasteiger partial charge in [0.2, 0.25) is 11.8 Å². The molecule has 3 aromatic carbocycles. The van der Waals surface area contributed by atoms with E-state index >= 15 is 0 Å². The lowest BCUT2D eigenvalue weighted by Crippen LogP contribution is -2.16. The number of rotatable bonds is 7. The predicted molar refractivity (Wildman–Crippen MR) is 128 cm³/mol. The van der Waals surface area contributed by atoms with Crippen LogP contribution in [0.4, 0.5) is 5.82 Å². The van der Waals surface area contributed by atoms with Gasteiger partial charge in [-0.15, -0.1) is 10.2 Å². The highest BCUT2D eigenvalue weighted by Crippen LogP contribution is 2.26. The lowest BCUT2D eigenvalue weighted by molar-refractivity contribution is -0.113. The summed E-state index contributed by atoms with van der Waals surface area (Å²) in [5.41, 5.74) is 3.43. The Bertz CT molecular complexity index is 1350. The fraction of sp³-hybridized carbons (Fsp3) is 0.0400. The van der Waals surface area contributed by atoms with E-state index in [0.29, 0.717) is 16.9 Å². The third kappa shape index (κ3) is 4.86. The summed E-state index contributed by atoms with van der Waals surface area (Å²) in [4.78, 5) is 12.7. The maximum absolute atomic E-state index is 12.7. The highest BCUT2D eigenvalue weighted by Gasteiger charge is 2.15. The third-order valence-electron chi connectivity index (χ3n) is 4.80. The molecular weight excluding hydrogens is 434 g/mol. The summed E-state index contributed by atoms with van der Waals surface area (Å²) < 4.78 is 7.40. The molecule has 0 bridgehead atoms. The van der Waals surface area contributed by atoms with Crippen molar-refractivity contribution in [2.75, 3.05) is 11.1 Å². The number of hydrogen-bond acceptors (Lipinski definition) is 6. The number of nitrogens with zero attached hydrogens (tertiary/aromatic N) is 4. The first-order valence-corrected chi connectivity index (χ1v) is 11.3. The second-order valence-corrected chi connectivity index (χ2v) is 8.03. The van der Waals surface area contributed by atoms with Crippen LogP contribution in [0.3, 0.4) is 0 Å². The molecule has 0 radical (unpaired) electrons. The molecular formula is C25H19N5O2S. The first-order chi connectivity index (χ1) is 16.3. The minimum atomic E-state index is -0.198. The molecule has 1 N–H and O–H groups in total. The van der Waals surface area contributed by atoms with Gasteiger partial charge < -0.3 is 9.73 Å². The summed E-state index contributed by atoms with van der Waals surface area (Å²) in [6, 6.07) is 30.9. The standard InChI is InChI=1S/C25H19N5O2S/c31-23(17-33-25-28-27-24(32-25)19-12-6-2-7-13-19)26-22-16-21(18-10-4-1-5-11-18)29-30(22)20-14-8-3-9-15-20/h1-16H,17H2,(H,26,31). The molecule has 8 heteroatoms. The van der Waals surface area contributed by atoms with Gasteiger partial charge in [0.1, 0.15) is 5.82 Å². The Kier molecular flexibility index (Phi) is 5.99. The van der Waals surface area contributed by atoms with Crippen LogP contribution in [0.25, 0.3) is 28.4 Å². The molecule has 2 aromatic heterocycles. The van der Waals surface area contributed by atoms with Crippen molar-refractivity contribution in [3.63, 3.8) is 0 Å². The van der Waals surface area contributed by atoms with Crippen molar-refractivity contribution in [3.8, 4) is 28.4 Å². The number of anilines is 1. The molecule has 0 atom stereocenters. The molecule has 2 heterocycles.